The van der Waals surface area contributed by atoms with Crippen molar-refractivity contribution in [3.63, 3.8) is 0 Å². The molecule has 3 amide bonds. The van der Waals surface area contributed by atoms with Gasteiger partial charge in [-0.1, -0.05) is 90.5 Å². The number of carbonyl (C=O) groups is 3. The summed E-state index contributed by atoms with van der Waals surface area (Å²) in [5, 5.41) is 4.83. The fourth-order valence-electron chi connectivity index (χ4n) is 7.26. The van der Waals surface area contributed by atoms with Crippen LogP contribution in [0.15, 0.2) is 96.1 Å². The van der Waals surface area contributed by atoms with E-state index < -0.39 is 17.3 Å². The maximum atomic E-state index is 14.4. The third-order valence-corrected chi connectivity index (χ3v) is 9.49. The largest absolute Gasteiger partial charge is 0.274 e. The van der Waals surface area contributed by atoms with Gasteiger partial charge in [-0.2, -0.15) is 5.10 Å². The summed E-state index contributed by atoms with van der Waals surface area (Å²) in [4.78, 5) is 42.9. The number of aryl methyl sites for hydroxylation is 2. The molecule has 7 heteroatoms. The molecule has 1 saturated heterocycles. The second kappa shape index (κ2) is 9.78. The van der Waals surface area contributed by atoms with Crippen LogP contribution in [-0.4, -0.2) is 23.9 Å². The van der Waals surface area contributed by atoms with Crippen LogP contribution in [0.2, 0.25) is 5.02 Å². The fraction of sp³-hybridized carbons (Fsp3) is 0.200. The number of imide groups is 1. The molecule has 2 bridgehead atoms. The molecule has 3 aliphatic carbocycles. The van der Waals surface area contributed by atoms with Crippen molar-refractivity contribution in [2.24, 2.45) is 16.9 Å². The molecular formula is C35H28ClN3O3. The lowest BCUT2D eigenvalue weighted by Crippen LogP contribution is -2.54. The summed E-state index contributed by atoms with van der Waals surface area (Å²) in [7, 11) is 0. The van der Waals surface area contributed by atoms with Crippen molar-refractivity contribution in [3.8, 4) is 0 Å². The average Bonchev–Trinajstić information content (AvgIpc) is 3.26. The van der Waals surface area contributed by atoms with Crippen LogP contribution < -0.4 is 10.3 Å². The summed E-state index contributed by atoms with van der Waals surface area (Å²) < 4.78 is 0. The van der Waals surface area contributed by atoms with Crippen LogP contribution in [0.5, 0.6) is 0 Å². The molecule has 42 heavy (non-hydrogen) atoms. The summed E-state index contributed by atoms with van der Waals surface area (Å²) in [6.45, 7) is 4.05. The fourth-order valence-corrected chi connectivity index (χ4v) is 7.49. The van der Waals surface area contributed by atoms with Crippen LogP contribution in [0.1, 0.15) is 44.9 Å². The smallest absolute Gasteiger partial charge is 0.244 e. The highest BCUT2D eigenvalue weighted by Gasteiger charge is 2.68. The van der Waals surface area contributed by atoms with Crippen molar-refractivity contribution >= 4 is 41.2 Å². The Morgan fingerprint density at radius 3 is 2.19 bits per heavy atom. The van der Waals surface area contributed by atoms with E-state index in [0.717, 1.165) is 38.9 Å². The van der Waals surface area contributed by atoms with Gasteiger partial charge in [0, 0.05) is 12.1 Å². The summed E-state index contributed by atoms with van der Waals surface area (Å²) in [5.74, 6) is -2.54. The summed E-state index contributed by atoms with van der Waals surface area (Å²) in [6, 6.07) is 28.7. The Hall–Kier alpha value is -4.55. The number of para-hydroxylation sites is 1. The maximum Gasteiger partial charge on any atom is 0.244 e. The first-order chi connectivity index (χ1) is 20.3. The van der Waals surface area contributed by atoms with Gasteiger partial charge in [-0.05, 0) is 64.9 Å². The number of nitrogens with zero attached hydrogens (tertiary/aromatic N) is 2. The minimum Gasteiger partial charge on any atom is -0.274 e. The number of hydrogen-bond donors (Lipinski definition) is 1. The first-order valence-electron chi connectivity index (χ1n) is 14.0. The number of rotatable bonds is 5. The normalized spacial score (nSPS) is 23.6. The lowest BCUT2D eigenvalue weighted by atomic mass is 9.47. The first-order valence-corrected chi connectivity index (χ1v) is 14.4. The number of benzene rings is 4. The number of hydrogen-bond acceptors (Lipinski definition) is 4. The van der Waals surface area contributed by atoms with Crippen molar-refractivity contribution < 1.29 is 14.4 Å². The molecule has 4 aromatic rings. The monoisotopic (exact) mass is 573 g/mol. The van der Waals surface area contributed by atoms with Gasteiger partial charge in [0.05, 0.1) is 34.4 Å². The number of halogens is 1. The van der Waals surface area contributed by atoms with Crippen LogP contribution in [0.4, 0.5) is 5.69 Å². The zero-order chi connectivity index (χ0) is 29.2. The van der Waals surface area contributed by atoms with Gasteiger partial charge < -0.3 is 0 Å². The van der Waals surface area contributed by atoms with E-state index in [1.165, 1.54) is 4.90 Å². The van der Waals surface area contributed by atoms with Gasteiger partial charge in [-0.3, -0.25) is 14.4 Å². The minimum absolute atomic E-state index is 0.171. The number of carbonyl (C=O) groups excluding carboxylic acids is 3. The number of hydrazone groups is 1. The molecule has 4 aliphatic rings. The topological polar surface area (TPSA) is 78.8 Å². The zero-order valence-electron chi connectivity index (χ0n) is 23.2. The van der Waals surface area contributed by atoms with E-state index in [2.05, 4.69) is 10.5 Å². The van der Waals surface area contributed by atoms with Crippen LogP contribution >= 0.6 is 11.6 Å². The molecule has 1 fully saturated rings. The van der Waals surface area contributed by atoms with Crippen molar-refractivity contribution in [1.29, 1.82) is 0 Å². The van der Waals surface area contributed by atoms with E-state index in [1.54, 1.807) is 30.5 Å². The Labute approximate surface area is 249 Å². The maximum absolute atomic E-state index is 14.4. The van der Waals surface area contributed by atoms with Crippen molar-refractivity contribution in [2.75, 3.05) is 4.90 Å². The quantitative estimate of drug-likeness (QED) is 0.185. The van der Waals surface area contributed by atoms with E-state index in [0.29, 0.717) is 10.7 Å². The van der Waals surface area contributed by atoms with E-state index in [9.17, 15) is 14.4 Å². The Morgan fingerprint density at radius 2 is 1.52 bits per heavy atom. The molecule has 0 unspecified atom stereocenters. The number of amides is 3. The van der Waals surface area contributed by atoms with Gasteiger partial charge in [0.1, 0.15) is 0 Å². The standard InChI is InChI=1S/C35H28ClN3O3/c1-20-15-16-22(17-21(20)2)18-29(40)38-37-19-35-25-11-5-3-9-23(25)30(24-10-4-6-12-26(24)35)31-32(35)34(42)39(33(31)41)28-14-8-7-13-27(28)36/h3-17,19,30-32H,18H2,1-2H3,(H,38,40)/b37-19-/t30?,31-,32-,35?/m1/s1. The first kappa shape index (κ1) is 26.4. The Bertz CT molecular complexity index is 1780. The minimum atomic E-state index is -1.07. The molecule has 4 aromatic carbocycles. The lowest BCUT2D eigenvalue weighted by molar-refractivity contribution is -0.123. The van der Waals surface area contributed by atoms with Gasteiger partial charge in [-0.25, -0.2) is 10.3 Å². The van der Waals surface area contributed by atoms with Gasteiger partial charge in [0.2, 0.25) is 17.7 Å². The summed E-state index contributed by atoms with van der Waals surface area (Å²) in [6.07, 6.45) is 1.85. The Morgan fingerprint density at radius 1 is 0.881 bits per heavy atom. The molecule has 1 heterocycles. The molecule has 208 valence electrons. The van der Waals surface area contributed by atoms with Crippen molar-refractivity contribution in [3.05, 3.63) is 135 Å². The highest BCUT2D eigenvalue weighted by Crippen LogP contribution is 2.63. The van der Waals surface area contributed by atoms with Crippen molar-refractivity contribution in [1.82, 2.24) is 5.43 Å². The molecule has 2 atom stereocenters. The van der Waals surface area contributed by atoms with Gasteiger partial charge in [0.25, 0.3) is 0 Å². The van der Waals surface area contributed by atoms with Crippen LogP contribution in [0.25, 0.3) is 0 Å². The molecule has 0 spiro atoms. The number of nitrogens with one attached hydrogen (secondary N) is 1. The van der Waals surface area contributed by atoms with E-state index in [1.807, 2.05) is 80.6 Å². The second-order valence-electron chi connectivity index (χ2n) is 11.4. The molecule has 6 nitrogen and oxygen atoms in total. The predicted molar refractivity (Wildman–Crippen MR) is 163 cm³/mol. The molecule has 0 saturated carbocycles. The van der Waals surface area contributed by atoms with Crippen molar-refractivity contribution in [2.45, 2.75) is 31.6 Å². The molecule has 0 radical (unpaired) electrons. The van der Waals surface area contributed by atoms with Crippen LogP contribution in [0.3, 0.4) is 0 Å². The molecule has 0 aromatic heterocycles. The summed E-state index contributed by atoms with van der Waals surface area (Å²) in [5.41, 5.74) is 9.03. The van der Waals surface area contributed by atoms with Gasteiger partial charge in [-0.15, -0.1) is 0 Å². The summed E-state index contributed by atoms with van der Waals surface area (Å²) >= 11 is 6.52. The SMILES string of the molecule is Cc1ccc(CC(=O)N/N=C\C23c4ccccc4C(c4ccccc42)[C@H]2C(=O)N(c4ccccc4Cl)C(=O)[C@@H]23)cc1C. The third-order valence-electron chi connectivity index (χ3n) is 9.17. The van der Waals surface area contributed by atoms with E-state index in [4.69, 9.17) is 11.6 Å². The Kier molecular flexibility index (Phi) is 6.13. The van der Waals surface area contributed by atoms with E-state index >= 15 is 0 Å². The third kappa shape index (κ3) is 3.71. The van der Waals surface area contributed by atoms with Gasteiger partial charge >= 0.3 is 0 Å². The highest BCUT2D eigenvalue weighted by atomic mass is 35.5. The molecular weight excluding hydrogens is 546 g/mol. The molecule has 1 aliphatic heterocycles. The average molecular weight is 574 g/mol. The van der Waals surface area contributed by atoms with Crippen LogP contribution in [-0.2, 0) is 26.2 Å². The molecule has 8 rings (SSSR count). The second-order valence-corrected chi connectivity index (χ2v) is 11.8. The van der Waals surface area contributed by atoms with Gasteiger partial charge in [0.15, 0.2) is 0 Å². The zero-order valence-corrected chi connectivity index (χ0v) is 23.9. The lowest BCUT2D eigenvalue weighted by Gasteiger charge is -2.52. The molecule has 1 N–H and O–H groups in total. The Balaban J connectivity index is 1.34. The van der Waals surface area contributed by atoms with E-state index in [-0.39, 0.29) is 30.1 Å². The highest BCUT2D eigenvalue weighted by molar-refractivity contribution is 6.36. The van der Waals surface area contributed by atoms with Crippen LogP contribution in [0, 0.1) is 25.7 Å². The number of anilines is 1. The predicted octanol–water partition coefficient (Wildman–Crippen LogP) is 5.85.